The highest BCUT2D eigenvalue weighted by Gasteiger charge is 2.08. The lowest BCUT2D eigenvalue weighted by atomic mass is 10.1. The summed E-state index contributed by atoms with van der Waals surface area (Å²) in [5.41, 5.74) is 3.40. The van der Waals surface area contributed by atoms with Crippen molar-refractivity contribution >= 4 is 34.3 Å². The summed E-state index contributed by atoms with van der Waals surface area (Å²) in [4.78, 5) is 16.7. The van der Waals surface area contributed by atoms with Crippen molar-refractivity contribution < 1.29 is 4.79 Å². The molecule has 0 aliphatic heterocycles. The van der Waals surface area contributed by atoms with Gasteiger partial charge >= 0.3 is 0 Å². The molecule has 0 atom stereocenters. The maximum atomic E-state index is 12.4. The van der Waals surface area contributed by atoms with Gasteiger partial charge in [0.15, 0.2) is 0 Å². The van der Waals surface area contributed by atoms with Gasteiger partial charge in [-0.2, -0.15) is 11.8 Å². The number of para-hydroxylation sites is 1. The van der Waals surface area contributed by atoms with E-state index in [1.165, 1.54) is 5.56 Å². The van der Waals surface area contributed by atoms with Crippen LogP contribution in [0.3, 0.4) is 0 Å². The number of hydrogen-bond donors (Lipinski definition) is 1. The molecule has 0 bridgehead atoms. The van der Waals surface area contributed by atoms with E-state index in [4.69, 9.17) is 0 Å². The SMILES string of the molecule is CSCc1ccc(C(=O)Nc2cccc3cccnc23)cc1. The Kier molecular flexibility index (Phi) is 4.39. The van der Waals surface area contributed by atoms with Crippen molar-refractivity contribution in [2.75, 3.05) is 11.6 Å². The fourth-order valence-electron chi connectivity index (χ4n) is 2.32. The largest absolute Gasteiger partial charge is 0.320 e. The number of carbonyl (C=O) groups excluding carboxylic acids is 1. The fourth-order valence-corrected chi connectivity index (χ4v) is 2.84. The van der Waals surface area contributed by atoms with E-state index in [0.717, 1.165) is 22.3 Å². The third kappa shape index (κ3) is 3.12. The quantitative estimate of drug-likeness (QED) is 0.779. The molecule has 1 aromatic heterocycles. The monoisotopic (exact) mass is 308 g/mol. The Bertz CT molecular complexity index is 794. The predicted molar refractivity (Wildman–Crippen MR) is 93.4 cm³/mol. The van der Waals surface area contributed by atoms with Crippen LogP contribution in [0.25, 0.3) is 10.9 Å². The van der Waals surface area contributed by atoms with Gasteiger partial charge in [-0.05, 0) is 36.1 Å². The van der Waals surface area contributed by atoms with Crippen molar-refractivity contribution in [3.05, 3.63) is 71.9 Å². The van der Waals surface area contributed by atoms with E-state index >= 15 is 0 Å². The van der Waals surface area contributed by atoms with E-state index in [0.29, 0.717) is 5.56 Å². The fraction of sp³-hybridized carbons (Fsp3) is 0.111. The zero-order valence-electron chi connectivity index (χ0n) is 12.2. The molecule has 1 heterocycles. The van der Waals surface area contributed by atoms with Crippen LogP contribution in [0.2, 0.25) is 0 Å². The Morgan fingerprint density at radius 3 is 2.64 bits per heavy atom. The number of anilines is 1. The summed E-state index contributed by atoms with van der Waals surface area (Å²) in [6.07, 6.45) is 3.79. The van der Waals surface area contributed by atoms with Gasteiger partial charge in [-0.1, -0.05) is 30.3 Å². The summed E-state index contributed by atoms with van der Waals surface area (Å²) in [6.45, 7) is 0. The number of amides is 1. The molecule has 3 nitrogen and oxygen atoms in total. The molecule has 1 N–H and O–H groups in total. The smallest absolute Gasteiger partial charge is 0.255 e. The van der Waals surface area contributed by atoms with Crippen LogP contribution < -0.4 is 5.32 Å². The molecule has 0 saturated carbocycles. The van der Waals surface area contributed by atoms with Crippen LogP contribution in [0, 0.1) is 0 Å². The lowest BCUT2D eigenvalue weighted by Crippen LogP contribution is -2.12. The highest BCUT2D eigenvalue weighted by atomic mass is 32.2. The molecular formula is C18H16N2OS. The van der Waals surface area contributed by atoms with Crippen molar-refractivity contribution in [3.8, 4) is 0 Å². The van der Waals surface area contributed by atoms with E-state index in [1.807, 2.05) is 54.6 Å². The molecular weight excluding hydrogens is 292 g/mol. The lowest BCUT2D eigenvalue weighted by Gasteiger charge is -2.08. The van der Waals surface area contributed by atoms with Gasteiger partial charge in [0.2, 0.25) is 0 Å². The number of hydrogen-bond acceptors (Lipinski definition) is 3. The van der Waals surface area contributed by atoms with Crippen LogP contribution >= 0.6 is 11.8 Å². The molecule has 0 spiro atoms. The molecule has 0 unspecified atom stereocenters. The summed E-state index contributed by atoms with van der Waals surface area (Å²) in [5.74, 6) is 0.837. The standard InChI is InChI=1S/C18H16N2OS/c1-22-12-13-7-9-15(10-8-13)18(21)20-16-6-2-4-14-5-3-11-19-17(14)16/h2-11H,12H2,1H3,(H,20,21). The molecule has 22 heavy (non-hydrogen) atoms. The molecule has 1 amide bonds. The molecule has 0 fully saturated rings. The molecule has 3 rings (SSSR count). The van der Waals surface area contributed by atoms with E-state index in [2.05, 4.69) is 16.6 Å². The number of rotatable bonds is 4. The molecule has 0 saturated heterocycles. The van der Waals surface area contributed by atoms with E-state index in [1.54, 1.807) is 18.0 Å². The first-order valence-corrected chi connectivity index (χ1v) is 8.40. The Morgan fingerprint density at radius 2 is 1.86 bits per heavy atom. The van der Waals surface area contributed by atoms with Gasteiger partial charge in [-0.15, -0.1) is 0 Å². The second-order valence-corrected chi connectivity index (χ2v) is 5.83. The molecule has 0 radical (unpaired) electrons. The Labute approximate surface area is 133 Å². The van der Waals surface area contributed by atoms with Crippen LogP contribution in [0.15, 0.2) is 60.8 Å². The summed E-state index contributed by atoms with van der Waals surface area (Å²) in [5, 5.41) is 3.96. The average molecular weight is 308 g/mol. The number of aromatic nitrogens is 1. The van der Waals surface area contributed by atoms with Crippen LogP contribution in [-0.2, 0) is 5.75 Å². The van der Waals surface area contributed by atoms with Crippen molar-refractivity contribution in [3.63, 3.8) is 0 Å². The maximum absolute atomic E-state index is 12.4. The molecule has 0 aliphatic carbocycles. The van der Waals surface area contributed by atoms with Gasteiger partial charge in [0.1, 0.15) is 0 Å². The van der Waals surface area contributed by atoms with Gasteiger partial charge in [0, 0.05) is 22.9 Å². The first-order valence-electron chi connectivity index (χ1n) is 7.01. The number of fused-ring (bicyclic) bond motifs is 1. The highest BCUT2D eigenvalue weighted by molar-refractivity contribution is 7.97. The zero-order chi connectivity index (χ0) is 15.4. The maximum Gasteiger partial charge on any atom is 0.255 e. The van der Waals surface area contributed by atoms with Crippen molar-refractivity contribution in [1.29, 1.82) is 0 Å². The van der Waals surface area contributed by atoms with Crippen molar-refractivity contribution in [1.82, 2.24) is 4.98 Å². The summed E-state index contributed by atoms with van der Waals surface area (Å²) in [7, 11) is 0. The van der Waals surface area contributed by atoms with Gasteiger partial charge in [0.05, 0.1) is 11.2 Å². The Morgan fingerprint density at radius 1 is 1.09 bits per heavy atom. The van der Waals surface area contributed by atoms with E-state index < -0.39 is 0 Å². The van der Waals surface area contributed by atoms with Crippen molar-refractivity contribution in [2.24, 2.45) is 0 Å². The first kappa shape index (κ1) is 14.6. The van der Waals surface area contributed by atoms with Gasteiger partial charge < -0.3 is 5.32 Å². The van der Waals surface area contributed by atoms with E-state index in [9.17, 15) is 4.79 Å². The minimum absolute atomic E-state index is 0.117. The molecule has 110 valence electrons. The van der Waals surface area contributed by atoms with Gasteiger partial charge in [-0.3, -0.25) is 9.78 Å². The van der Waals surface area contributed by atoms with Crippen LogP contribution in [0.4, 0.5) is 5.69 Å². The predicted octanol–water partition coefficient (Wildman–Crippen LogP) is 4.35. The second kappa shape index (κ2) is 6.62. The number of pyridine rings is 1. The van der Waals surface area contributed by atoms with Crippen LogP contribution in [-0.4, -0.2) is 17.1 Å². The third-order valence-corrected chi connectivity index (χ3v) is 4.03. The van der Waals surface area contributed by atoms with Gasteiger partial charge in [-0.25, -0.2) is 0 Å². The summed E-state index contributed by atoms with van der Waals surface area (Å²) >= 11 is 1.76. The van der Waals surface area contributed by atoms with Crippen LogP contribution in [0.1, 0.15) is 15.9 Å². The average Bonchev–Trinajstić information content (AvgIpc) is 2.56. The van der Waals surface area contributed by atoms with Gasteiger partial charge in [0.25, 0.3) is 5.91 Å². The topological polar surface area (TPSA) is 42.0 Å². The molecule has 4 heteroatoms. The lowest BCUT2D eigenvalue weighted by molar-refractivity contribution is 0.102. The van der Waals surface area contributed by atoms with E-state index in [-0.39, 0.29) is 5.91 Å². The Balaban J connectivity index is 1.83. The zero-order valence-corrected chi connectivity index (χ0v) is 13.1. The summed E-state index contributed by atoms with van der Waals surface area (Å²) < 4.78 is 0. The van der Waals surface area contributed by atoms with Crippen LogP contribution in [0.5, 0.6) is 0 Å². The number of carbonyl (C=O) groups is 1. The number of thioether (sulfide) groups is 1. The highest BCUT2D eigenvalue weighted by Crippen LogP contribution is 2.21. The second-order valence-electron chi connectivity index (χ2n) is 4.96. The Hall–Kier alpha value is -2.33. The minimum Gasteiger partial charge on any atom is -0.320 e. The number of nitrogens with one attached hydrogen (secondary N) is 1. The minimum atomic E-state index is -0.117. The van der Waals surface area contributed by atoms with Crippen molar-refractivity contribution in [2.45, 2.75) is 5.75 Å². The molecule has 2 aromatic carbocycles. The number of nitrogens with zero attached hydrogens (tertiary/aromatic N) is 1. The normalized spacial score (nSPS) is 10.6. The summed E-state index contributed by atoms with van der Waals surface area (Å²) in [6, 6.07) is 17.3. The number of benzene rings is 2. The molecule has 0 aliphatic rings. The first-order chi connectivity index (χ1) is 10.8. The molecule has 3 aromatic rings. The third-order valence-electron chi connectivity index (χ3n) is 3.41.